The second-order valence-corrected chi connectivity index (χ2v) is 7.73. The van der Waals surface area contributed by atoms with Gasteiger partial charge in [0.05, 0.1) is 25.6 Å². The van der Waals surface area contributed by atoms with Gasteiger partial charge in [-0.15, -0.1) is 11.3 Å². The first-order valence-electron chi connectivity index (χ1n) is 9.00. The SMILES string of the molecule is COC(=O)c1cccc(C(O)c2c(-c3csc(C)c3)[nH]c3cc(OC)ccc23)n1. The van der Waals surface area contributed by atoms with Gasteiger partial charge in [0.15, 0.2) is 0 Å². The summed E-state index contributed by atoms with van der Waals surface area (Å²) in [7, 11) is 2.92. The van der Waals surface area contributed by atoms with Gasteiger partial charge in [-0.3, -0.25) is 0 Å². The molecule has 0 saturated heterocycles. The summed E-state index contributed by atoms with van der Waals surface area (Å²) >= 11 is 1.64. The van der Waals surface area contributed by atoms with E-state index in [0.717, 1.165) is 27.9 Å². The number of esters is 1. The van der Waals surface area contributed by atoms with Gasteiger partial charge in [-0.1, -0.05) is 6.07 Å². The smallest absolute Gasteiger partial charge is 0.356 e. The summed E-state index contributed by atoms with van der Waals surface area (Å²) in [6, 6.07) is 12.7. The van der Waals surface area contributed by atoms with Gasteiger partial charge in [0.2, 0.25) is 0 Å². The topological polar surface area (TPSA) is 84.4 Å². The van der Waals surface area contributed by atoms with E-state index in [0.29, 0.717) is 11.3 Å². The van der Waals surface area contributed by atoms with Crippen molar-refractivity contribution in [3.8, 4) is 17.0 Å². The molecule has 0 aliphatic rings. The number of aromatic amines is 1. The molecule has 0 spiro atoms. The number of hydrogen-bond donors (Lipinski definition) is 2. The van der Waals surface area contributed by atoms with Crippen LogP contribution in [0, 0.1) is 6.92 Å². The van der Waals surface area contributed by atoms with Crippen molar-refractivity contribution in [2.45, 2.75) is 13.0 Å². The quantitative estimate of drug-likeness (QED) is 0.476. The zero-order chi connectivity index (χ0) is 20.5. The predicted octanol–water partition coefficient (Wildman–Crippen LogP) is 4.48. The number of fused-ring (bicyclic) bond motifs is 1. The Labute approximate surface area is 171 Å². The highest BCUT2D eigenvalue weighted by Gasteiger charge is 2.24. The first-order valence-corrected chi connectivity index (χ1v) is 9.88. The summed E-state index contributed by atoms with van der Waals surface area (Å²) in [6.45, 7) is 2.04. The summed E-state index contributed by atoms with van der Waals surface area (Å²) in [5.74, 6) is 0.176. The maximum absolute atomic E-state index is 11.9. The molecule has 1 unspecified atom stereocenters. The molecule has 29 heavy (non-hydrogen) atoms. The third-order valence-electron chi connectivity index (χ3n) is 4.78. The average Bonchev–Trinajstić information content (AvgIpc) is 3.35. The first-order chi connectivity index (χ1) is 14.0. The molecule has 1 aromatic carbocycles. The van der Waals surface area contributed by atoms with Gasteiger partial charge >= 0.3 is 5.97 Å². The molecule has 1 atom stereocenters. The van der Waals surface area contributed by atoms with E-state index in [1.54, 1.807) is 36.6 Å². The van der Waals surface area contributed by atoms with E-state index >= 15 is 0 Å². The molecule has 0 bridgehead atoms. The number of thiophene rings is 1. The highest BCUT2D eigenvalue weighted by atomic mass is 32.1. The Kier molecular flexibility index (Phi) is 5.08. The van der Waals surface area contributed by atoms with Crippen LogP contribution < -0.4 is 4.74 Å². The van der Waals surface area contributed by atoms with Crippen LogP contribution in [0.1, 0.15) is 32.7 Å². The lowest BCUT2D eigenvalue weighted by atomic mass is 9.99. The lowest BCUT2D eigenvalue weighted by molar-refractivity contribution is 0.0593. The van der Waals surface area contributed by atoms with E-state index in [-0.39, 0.29) is 5.69 Å². The number of nitrogens with one attached hydrogen (secondary N) is 1. The monoisotopic (exact) mass is 408 g/mol. The summed E-state index contributed by atoms with van der Waals surface area (Å²) in [5, 5.41) is 14.2. The molecule has 3 heterocycles. The van der Waals surface area contributed by atoms with Crippen molar-refractivity contribution in [3.63, 3.8) is 0 Å². The Bertz CT molecular complexity index is 1190. The molecule has 2 N–H and O–H groups in total. The lowest BCUT2D eigenvalue weighted by Crippen LogP contribution is -2.09. The molecule has 0 aliphatic heterocycles. The van der Waals surface area contributed by atoms with Crippen LogP contribution >= 0.6 is 11.3 Å². The van der Waals surface area contributed by atoms with Gasteiger partial charge in [0, 0.05) is 38.4 Å². The number of benzene rings is 1. The van der Waals surface area contributed by atoms with Crippen LogP contribution in [0.15, 0.2) is 47.8 Å². The molecular formula is C22H20N2O4S. The summed E-state index contributed by atoms with van der Waals surface area (Å²) < 4.78 is 10.1. The molecule has 3 aromatic heterocycles. The van der Waals surface area contributed by atoms with E-state index in [9.17, 15) is 9.90 Å². The standard InChI is InChI=1S/C22H20N2O4S/c1-12-9-13(11-29-12)20-19(15-8-7-14(27-2)10-18(15)24-20)21(25)16-5-4-6-17(23-16)22(26)28-3/h4-11,21,24-25H,1-3H3. The highest BCUT2D eigenvalue weighted by molar-refractivity contribution is 7.10. The number of aromatic nitrogens is 2. The number of pyridine rings is 1. The molecule has 7 heteroatoms. The molecule has 6 nitrogen and oxygen atoms in total. The number of ether oxygens (including phenoxy) is 2. The number of H-pyrrole nitrogens is 1. The molecule has 0 aliphatic carbocycles. The average molecular weight is 408 g/mol. The molecule has 0 amide bonds. The van der Waals surface area contributed by atoms with Crippen molar-refractivity contribution in [1.29, 1.82) is 0 Å². The maximum atomic E-state index is 11.9. The number of rotatable bonds is 5. The Hall–Kier alpha value is -3.16. The summed E-state index contributed by atoms with van der Waals surface area (Å²) in [4.78, 5) is 20.8. The van der Waals surface area contributed by atoms with Gasteiger partial charge in [0.1, 0.15) is 17.5 Å². The fourth-order valence-electron chi connectivity index (χ4n) is 3.38. The van der Waals surface area contributed by atoms with Crippen molar-refractivity contribution in [3.05, 3.63) is 69.7 Å². The maximum Gasteiger partial charge on any atom is 0.356 e. The molecule has 0 fully saturated rings. The van der Waals surface area contributed by atoms with Crippen LogP contribution in [-0.4, -0.2) is 35.3 Å². The van der Waals surface area contributed by atoms with Crippen molar-refractivity contribution < 1.29 is 19.4 Å². The third-order valence-corrected chi connectivity index (χ3v) is 5.65. The number of carbonyl (C=O) groups excluding carboxylic acids is 1. The predicted molar refractivity (Wildman–Crippen MR) is 113 cm³/mol. The molecular weight excluding hydrogens is 388 g/mol. The Morgan fingerprint density at radius 3 is 2.72 bits per heavy atom. The number of aliphatic hydroxyl groups is 1. The zero-order valence-corrected chi connectivity index (χ0v) is 17.0. The largest absolute Gasteiger partial charge is 0.497 e. The van der Waals surface area contributed by atoms with Gasteiger partial charge in [-0.2, -0.15) is 0 Å². The zero-order valence-electron chi connectivity index (χ0n) is 16.2. The summed E-state index contributed by atoms with van der Waals surface area (Å²) in [5.41, 5.74) is 3.88. The van der Waals surface area contributed by atoms with E-state index in [1.165, 1.54) is 12.0 Å². The Morgan fingerprint density at radius 1 is 1.21 bits per heavy atom. The normalized spacial score (nSPS) is 12.1. The number of aliphatic hydroxyl groups excluding tert-OH is 1. The molecule has 4 rings (SSSR count). The molecule has 148 valence electrons. The number of aryl methyl sites for hydroxylation is 1. The van der Waals surface area contributed by atoms with Gasteiger partial charge in [0.25, 0.3) is 0 Å². The fraction of sp³-hybridized carbons (Fsp3) is 0.182. The Morgan fingerprint density at radius 2 is 2.03 bits per heavy atom. The molecule has 0 radical (unpaired) electrons. The van der Waals surface area contributed by atoms with Crippen LogP contribution in [0.4, 0.5) is 0 Å². The Balaban J connectivity index is 1.90. The number of nitrogens with zero attached hydrogens (tertiary/aromatic N) is 1. The van der Waals surface area contributed by atoms with E-state index in [4.69, 9.17) is 9.47 Å². The van der Waals surface area contributed by atoms with Crippen LogP contribution in [0.5, 0.6) is 5.75 Å². The first kappa shape index (κ1) is 19.2. The van der Waals surface area contributed by atoms with Crippen LogP contribution in [-0.2, 0) is 4.74 Å². The minimum atomic E-state index is -1.03. The van der Waals surface area contributed by atoms with Crippen molar-refractivity contribution in [2.24, 2.45) is 0 Å². The fourth-order valence-corrected chi connectivity index (χ4v) is 4.08. The summed E-state index contributed by atoms with van der Waals surface area (Å²) in [6.07, 6.45) is -1.03. The van der Waals surface area contributed by atoms with Gasteiger partial charge < -0.3 is 19.6 Å². The molecule has 4 aromatic rings. The van der Waals surface area contributed by atoms with E-state index in [2.05, 4.69) is 16.0 Å². The van der Waals surface area contributed by atoms with Gasteiger partial charge in [-0.05, 0) is 37.3 Å². The van der Waals surface area contributed by atoms with Gasteiger partial charge in [-0.25, -0.2) is 9.78 Å². The van der Waals surface area contributed by atoms with E-state index < -0.39 is 12.1 Å². The number of methoxy groups -OCH3 is 2. The van der Waals surface area contributed by atoms with Crippen LogP contribution in [0.25, 0.3) is 22.2 Å². The van der Waals surface area contributed by atoms with Crippen molar-refractivity contribution in [2.75, 3.05) is 14.2 Å². The van der Waals surface area contributed by atoms with Crippen molar-refractivity contribution in [1.82, 2.24) is 9.97 Å². The van der Waals surface area contributed by atoms with Crippen molar-refractivity contribution >= 4 is 28.2 Å². The second-order valence-electron chi connectivity index (χ2n) is 6.61. The third kappa shape index (κ3) is 3.50. The van der Waals surface area contributed by atoms with Crippen LogP contribution in [0.3, 0.4) is 0 Å². The molecule has 0 saturated carbocycles. The number of hydrogen-bond acceptors (Lipinski definition) is 6. The van der Waals surface area contributed by atoms with Crippen LogP contribution in [0.2, 0.25) is 0 Å². The minimum absolute atomic E-state index is 0.151. The lowest BCUT2D eigenvalue weighted by Gasteiger charge is -2.13. The second kappa shape index (κ2) is 7.69. The number of carbonyl (C=O) groups is 1. The highest BCUT2D eigenvalue weighted by Crippen LogP contribution is 2.39. The van der Waals surface area contributed by atoms with E-state index in [1.807, 2.05) is 30.5 Å². The minimum Gasteiger partial charge on any atom is -0.497 e.